The summed E-state index contributed by atoms with van der Waals surface area (Å²) in [6.45, 7) is 2.61. The van der Waals surface area contributed by atoms with Crippen LogP contribution in [-0.4, -0.2) is 47.0 Å². The summed E-state index contributed by atoms with van der Waals surface area (Å²) >= 11 is 0. The first-order valence-corrected chi connectivity index (χ1v) is 11.4. The summed E-state index contributed by atoms with van der Waals surface area (Å²) in [6, 6.07) is 9.66. The van der Waals surface area contributed by atoms with E-state index in [-0.39, 0.29) is 17.7 Å². The van der Waals surface area contributed by atoms with Crippen molar-refractivity contribution in [2.45, 2.75) is 38.6 Å². The molecule has 0 bridgehead atoms. The lowest BCUT2D eigenvalue weighted by molar-refractivity contribution is -0.122. The molecule has 2 aromatic carbocycles. The van der Waals surface area contributed by atoms with Crippen molar-refractivity contribution in [1.29, 1.82) is 0 Å². The third kappa shape index (κ3) is 4.59. The summed E-state index contributed by atoms with van der Waals surface area (Å²) in [5, 5.41) is 8.60. The third-order valence-corrected chi connectivity index (χ3v) is 6.08. The van der Waals surface area contributed by atoms with Gasteiger partial charge in [0.25, 0.3) is 11.8 Å². The minimum absolute atomic E-state index is 0.178. The molecule has 2 heterocycles. The first-order valence-electron chi connectivity index (χ1n) is 11.4. The number of benzene rings is 2. The number of anilines is 1. The fourth-order valence-corrected chi connectivity index (χ4v) is 4.28. The summed E-state index contributed by atoms with van der Waals surface area (Å²) in [5.41, 5.74) is 2.46. The maximum absolute atomic E-state index is 13.1. The number of carbonyl (C=O) groups is 3. The minimum atomic E-state index is -0.591. The molecule has 3 aromatic rings. The van der Waals surface area contributed by atoms with Crippen LogP contribution in [0.15, 0.2) is 36.4 Å². The van der Waals surface area contributed by atoms with Crippen LogP contribution in [0.25, 0.3) is 11.0 Å². The van der Waals surface area contributed by atoms with E-state index in [2.05, 4.69) is 20.9 Å². The van der Waals surface area contributed by atoms with Crippen LogP contribution in [-0.2, 0) is 18.3 Å². The Morgan fingerprint density at radius 3 is 2.76 bits per heavy atom. The topological polar surface area (TPSA) is 114 Å². The van der Waals surface area contributed by atoms with E-state index in [9.17, 15) is 14.4 Å². The molecule has 9 nitrogen and oxygen atoms in total. The number of hydrogen-bond acceptors (Lipinski definition) is 5. The predicted molar refractivity (Wildman–Crippen MR) is 129 cm³/mol. The normalized spacial score (nSPS) is 16.0. The maximum atomic E-state index is 13.1. The van der Waals surface area contributed by atoms with E-state index in [0.29, 0.717) is 53.0 Å². The monoisotopic (exact) mass is 463 g/mol. The SMILES string of the molecule is CCc1nc2cc(C(=O)N[C@H]3CCCCNC3=O)cc(NC(=O)c3ccccc3OC)c2n1C. The molecule has 0 radical (unpaired) electrons. The van der Waals surface area contributed by atoms with E-state index in [4.69, 9.17) is 4.74 Å². The number of ether oxygens (including phenoxy) is 1. The zero-order chi connectivity index (χ0) is 24.2. The highest BCUT2D eigenvalue weighted by Gasteiger charge is 2.24. The van der Waals surface area contributed by atoms with Gasteiger partial charge in [-0.25, -0.2) is 4.98 Å². The fourth-order valence-electron chi connectivity index (χ4n) is 4.28. The van der Waals surface area contributed by atoms with E-state index in [1.807, 2.05) is 18.5 Å². The molecule has 1 aromatic heterocycles. The Morgan fingerprint density at radius 1 is 1.21 bits per heavy atom. The number of nitrogens with one attached hydrogen (secondary N) is 3. The second-order valence-corrected chi connectivity index (χ2v) is 8.30. The summed E-state index contributed by atoms with van der Waals surface area (Å²) < 4.78 is 7.23. The number of carbonyl (C=O) groups excluding carboxylic acids is 3. The summed E-state index contributed by atoms with van der Waals surface area (Å²) in [7, 11) is 3.39. The molecule has 1 atom stereocenters. The van der Waals surface area contributed by atoms with Gasteiger partial charge in [0.1, 0.15) is 17.6 Å². The van der Waals surface area contributed by atoms with Crippen molar-refractivity contribution in [3.05, 3.63) is 53.3 Å². The van der Waals surface area contributed by atoms with Crippen molar-refractivity contribution in [2.75, 3.05) is 19.0 Å². The number of rotatable bonds is 6. The van der Waals surface area contributed by atoms with Gasteiger partial charge < -0.3 is 25.3 Å². The summed E-state index contributed by atoms with van der Waals surface area (Å²) in [5.74, 6) is 0.342. The van der Waals surface area contributed by atoms with Crippen molar-refractivity contribution in [2.24, 2.45) is 7.05 Å². The van der Waals surface area contributed by atoms with Crippen molar-refractivity contribution in [1.82, 2.24) is 20.2 Å². The van der Waals surface area contributed by atoms with E-state index in [0.717, 1.165) is 18.7 Å². The molecule has 4 rings (SSSR count). The van der Waals surface area contributed by atoms with E-state index in [1.54, 1.807) is 36.4 Å². The van der Waals surface area contributed by atoms with Gasteiger partial charge in [0, 0.05) is 25.6 Å². The molecule has 1 fully saturated rings. The van der Waals surface area contributed by atoms with Crippen molar-refractivity contribution < 1.29 is 19.1 Å². The Morgan fingerprint density at radius 2 is 2.00 bits per heavy atom. The number of hydrogen-bond donors (Lipinski definition) is 3. The Kier molecular flexibility index (Phi) is 6.81. The molecule has 0 aliphatic carbocycles. The van der Waals surface area contributed by atoms with E-state index >= 15 is 0 Å². The average Bonchev–Trinajstić information content (AvgIpc) is 3.04. The lowest BCUT2D eigenvalue weighted by Gasteiger charge is -2.16. The Bertz CT molecular complexity index is 1250. The van der Waals surface area contributed by atoms with Crippen molar-refractivity contribution in [3.8, 4) is 5.75 Å². The quantitative estimate of drug-likeness (QED) is 0.520. The van der Waals surface area contributed by atoms with E-state index in [1.165, 1.54) is 7.11 Å². The van der Waals surface area contributed by atoms with Gasteiger partial charge in [-0.3, -0.25) is 14.4 Å². The number of aromatic nitrogens is 2. The Balaban J connectivity index is 1.71. The van der Waals surface area contributed by atoms with Crippen LogP contribution in [0.4, 0.5) is 5.69 Å². The van der Waals surface area contributed by atoms with Gasteiger partial charge in [-0.05, 0) is 43.5 Å². The number of amides is 3. The maximum Gasteiger partial charge on any atom is 0.259 e. The first kappa shape index (κ1) is 23.3. The second-order valence-electron chi connectivity index (χ2n) is 8.30. The number of imidazole rings is 1. The van der Waals surface area contributed by atoms with Crippen LogP contribution in [0.5, 0.6) is 5.75 Å². The molecule has 9 heteroatoms. The number of aryl methyl sites for hydroxylation is 2. The summed E-state index contributed by atoms with van der Waals surface area (Å²) in [6.07, 6.45) is 3.01. The zero-order valence-electron chi connectivity index (χ0n) is 19.6. The molecule has 34 heavy (non-hydrogen) atoms. The predicted octanol–water partition coefficient (Wildman–Crippen LogP) is 2.80. The van der Waals surface area contributed by atoms with Crippen molar-refractivity contribution >= 4 is 34.4 Å². The Labute approximate surface area is 197 Å². The van der Waals surface area contributed by atoms with Gasteiger partial charge in [-0.1, -0.05) is 19.1 Å². The molecule has 0 unspecified atom stereocenters. The largest absolute Gasteiger partial charge is 0.496 e. The van der Waals surface area contributed by atoms with Gasteiger partial charge in [-0.2, -0.15) is 0 Å². The summed E-state index contributed by atoms with van der Waals surface area (Å²) in [4.78, 5) is 43.2. The molecular formula is C25H29N5O4. The number of para-hydroxylation sites is 1. The zero-order valence-corrected chi connectivity index (χ0v) is 19.6. The molecule has 0 saturated carbocycles. The molecule has 3 N–H and O–H groups in total. The number of fused-ring (bicyclic) bond motifs is 1. The first-order chi connectivity index (χ1) is 16.4. The third-order valence-electron chi connectivity index (χ3n) is 6.08. The lowest BCUT2D eigenvalue weighted by atomic mass is 10.1. The fraction of sp³-hybridized carbons (Fsp3) is 0.360. The number of methoxy groups -OCH3 is 1. The van der Waals surface area contributed by atoms with Crippen LogP contribution in [0.2, 0.25) is 0 Å². The highest BCUT2D eigenvalue weighted by molar-refractivity contribution is 6.11. The molecule has 1 aliphatic rings. The van der Waals surface area contributed by atoms with Gasteiger partial charge in [0.05, 0.1) is 29.4 Å². The van der Waals surface area contributed by atoms with Crippen LogP contribution in [0, 0.1) is 0 Å². The van der Waals surface area contributed by atoms with Gasteiger partial charge in [0.15, 0.2) is 0 Å². The van der Waals surface area contributed by atoms with Gasteiger partial charge >= 0.3 is 0 Å². The number of nitrogens with zero attached hydrogens (tertiary/aromatic N) is 2. The van der Waals surface area contributed by atoms with Crippen LogP contribution >= 0.6 is 0 Å². The Hall–Kier alpha value is -3.88. The molecule has 0 spiro atoms. The van der Waals surface area contributed by atoms with Crippen LogP contribution in [0.1, 0.15) is 52.7 Å². The smallest absolute Gasteiger partial charge is 0.259 e. The highest BCUT2D eigenvalue weighted by atomic mass is 16.5. The minimum Gasteiger partial charge on any atom is -0.496 e. The second kappa shape index (κ2) is 9.94. The van der Waals surface area contributed by atoms with Crippen molar-refractivity contribution in [3.63, 3.8) is 0 Å². The highest BCUT2D eigenvalue weighted by Crippen LogP contribution is 2.28. The standard InChI is InChI=1S/C25H29N5O4/c1-4-21-27-18-13-15(23(31)28-17-10-7-8-12-26-25(17)33)14-19(22(18)30(21)2)29-24(32)16-9-5-6-11-20(16)34-3/h5-6,9,11,13-14,17H,4,7-8,10,12H2,1-3H3,(H,26,33)(H,28,31)(H,29,32)/t17-/m0/s1. The molecule has 178 valence electrons. The van der Waals surface area contributed by atoms with Crippen LogP contribution in [0.3, 0.4) is 0 Å². The molecule has 3 amide bonds. The molecule has 1 saturated heterocycles. The van der Waals surface area contributed by atoms with Gasteiger partial charge in [0.2, 0.25) is 5.91 Å². The van der Waals surface area contributed by atoms with E-state index < -0.39 is 6.04 Å². The average molecular weight is 464 g/mol. The molecule has 1 aliphatic heterocycles. The van der Waals surface area contributed by atoms with Crippen LogP contribution < -0.4 is 20.7 Å². The van der Waals surface area contributed by atoms with Gasteiger partial charge in [-0.15, -0.1) is 0 Å². The lowest BCUT2D eigenvalue weighted by Crippen LogP contribution is -2.45. The molecular weight excluding hydrogens is 434 g/mol.